The Hall–Kier alpha value is -1.18. The second kappa shape index (κ2) is 1.90. The Morgan fingerprint density at radius 3 is 2.70 bits per heavy atom. The highest BCUT2D eigenvalue weighted by Crippen LogP contribution is 2.21. The fourth-order valence-corrected chi connectivity index (χ4v) is 1.10. The number of benzene rings is 1. The topological polar surface area (TPSA) is 21.3 Å². The van der Waals surface area contributed by atoms with Gasteiger partial charge in [-0.15, -0.1) is 0 Å². The smallest absolute Gasteiger partial charge is 0.167 e. The highest BCUT2D eigenvalue weighted by atomic mass is 16.5. The van der Waals surface area contributed by atoms with E-state index in [-0.39, 0.29) is 6.23 Å². The molecule has 2 nitrogen and oxygen atoms in total. The van der Waals surface area contributed by atoms with Gasteiger partial charge < -0.3 is 10.1 Å². The molecule has 1 atom stereocenters. The Bertz CT molecular complexity index is 205. The molecule has 1 unspecified atom stereocenters. The summed E-state index contributed by atoms with van der Waals surface area (Å²) in [6.45, 7) is 1.99. The maximum absolute atomic E-state index is 5.41. The molecule has 3 rings (SSSR count). The zero-order valence-electron chi connectivity index (χ0n) is 5.79. The van der Waals surface area contributed by atoms with E-state index < -0.39 is 0 Å². The lowest BCUT2D eigenvalue weighted by Gasteiger charge is -2.11. The van der Waals surface area contributed by atoms with E-state index in [1.165, 1.54) is 0 Å². The molecule has 0 saturated carbocycles. The molecule has 0 amide bonds. The minimum absolute atomic E-state index is 0.0926. The van der Waals surface area contributed by atoms with Crippen LogP contribution in [0.4, 0.5) is 5.69 Å². The van der Waals surface area contributed by atoms with Crippen LogP contribution in [-0.2, 0) is 0 Å². The molecule has 2 heteroatoms. The van der Waals surface area contributed by atoms with Crippen molar-refractivity contribution >= 4 is 5.69 Å². The number of anilines is 1. The lowest BCUT2D eigenvalue weighted by Crippen LogP contribution is -2.19. The van der Waals surface area contributed by atoms with E-state index in [9.17, 15) is 0 Å². The van der Waals surface area contributed by atoms with E-state index >= 15 is 0 Å². The molecular weight excluding hydrogens is 126 g/mol. The summed E-state index contributed by atoms with van der Waals surface area (Å²) in [5.41, 5.74) is 1.12. The van der Waals surface area contributed by atoms with Crippen molar-refractivity contribution in [3.05, 3.63) is 24.3 Å². The maximum atomic E-state index is 5.41. The summed E-state index contributed by atoms with van der Waals surface area (Å²) in [5.74, 6) is 0.932. The first-order valence-corrected chi connectivity index (χ1v) is 3.38. The van der Waals surface area contributed by atoms with Crippen molar-refractivity contribution in [2.75, 3.05) is 5.32 Å². The molecule has 52 valence electrons. The summed E-state index contributed by atoms with van der Waals surface area (Å²) >= 11 is 0. The second-order valence-electron chi connectivity index (χ2n) is 2.43. The van der Waals surface area contributed by atoms with Gasteiger partial charge >= 0.3 is 0 Å². The van der Waals surface area contributed by atoms with Gasteiger partial charge in [0.15, 0.2) is 6.23 Å². The van der Waals surface area contributed by atoms with Crippen LogP contribution in [0.2, 0.25) is 0 Å². The lowest BCUT2D eigenvalue weighted by molar-refractivity contribution is 0.254. The first-order valence-electron chi connectivity index (χ1n) is 3.38. The molecule has 10 heavy (non-hydrogen) atoms. The summed E-state index contributed by atoms with van der Waals surface area (Å²) in [7, 11) is 0. The Kier molecular flexibility index (Phi) is 1.07. The van der Waals surface area contributed by atoms with Gasteiger partial charge in [-0.1, -0.05) is 0 Å². The Morgan fingerprint density at radius 1 is 1.30 bits per heavy atom. The number of hydrogen-bond acceptors (Lipinski definition) is 2. The Balaban J connectivity index is 2.44. The molecule has 0 fully saturated rings. The molecule has 0 aromatic heterocycles. The number of ether oxygens (including phenoxy) is 1. The van der Waals surface area contributed by atoms with Crippen LogP contribution in [0.15, 0.2) is 24.3 Å². The molecule has 0 aliphatic carbocycles. The maximum Gasteiger partial charge on any atom is 0.167 e. The monoisotopic (exact) mass is 135 g/mol. The minimum atomic E-state index is 0.0926. The average molecular weight is 135 g/mol. The van der Waals surface area contributed by atoms with Gasteiger partial charge in [0.25, 0.3) is 0 Å². The molecule has 0 spiro atoms. The molecule has 0 radical (unpaired) electrons. The molecular formula is C8H9NO. The van der Waals surface area contributed by atoms with Crippen molar-refractivity contribution in [3.63, 3.8) is 0 Å². The standard InChI is InChI=1S/C8H9NO/c1-6-9-7-2-4-8(10-6)5-3-7/h2-6,9H,1H3. The van der Waals surface area contributed by atoms with Gasteiger partial charge in [0.05, 0.1) is 0 Å². The Labute approximate surface area is 59.8 Å². The van der Waals surface area contributed by atoms with Crippen molar-refractivity contribution in [2.24, 2.45) is 0 Å². The zero-order valence-corrected chi connectivity index (χ0v) is 5.79. The zero-order chi connectivity index (χ0) is 6.97. The van der Waals surface area contributed by atoms with Crippen molar-refractivity contribution in [3.8, 4) is 5.75 Å². The highest BCUT2D eigenvalue weighted by molar-refractivity contribution is 5.48. The molecule has 2 aliphatic rings. The first kappa shape index (κ1) is 5.59. The van der Waals surface area contributed by atoms with Crippen LogP contribution in [0, 0.1) is 0 Å². The van der Waals surface area contributed by atoms with Crippen LogP contribution in [0.3, 0.4) is 0 Å². The minimum Gasteiger partial charge on any atom is -0.471 e. The molecule has 1 N–H and O–H groups in total. The van der Waals surface area contributed by atoms with E-state index in [1.807, 2.05) is 31.2 Å². The van der Waals surface area contributed by atoms with Gasteiger partial charge in [-0.3, -0.25) is 0 Å². The molecule has 2 aliphatic heterocycles. The third-order valence-corrected chi connectivity index (χ3v) is 1.54. The van der Waals surface area contributed by atoms with Crippen molar-refractivity contribution in [1.82, 2.24) is 0 Å². The fraction of sp³-hybridized carbons (Fsp3) is 0.250. The summed E-state index contributed by atoms with van der Waals surface area (Å²) in [6.07, 6.45) is 0.0926. The number of hydrogen-bond donors (Lipinski definition) is 1. The highest BCUT2D eigenvalue weighted by Gasteiger charge is 2.07. The largest absolute Gasteiger partial charge is 0.471 e. The SMILES string of the molecule is CC1Nc2ccc(cc2)O1. The van der Waals surface area contributed by atoms with Crippen molar-refractivity contribution in [2.45, 2.75) is 13.2 Å². The molecule has 1 aromatic rings. The first-order chi connectivity index (χ1) is 4.84. The van der Waals surface area contributed by atoms with E-state index in [1.54, 1.807) is 0 Å². The quantitative estimate of drug-likeness (QED) is 0.586. The van der Waals surface area contributed by atoms with Crippen LogP contribution in [0.1, 0.15) is 6.92 Å². The Morgan fingerprint density at radius 2 is 2.00 bits per heavy atom. The van der Waals surface area contributed by atoms with Gasteiger partial charge in [0.1, 0.15) is 5.75 Å². The van der Waals surface area contributed by atoms with E-state index in [4.69, 9.17) is 4.74 Å². The lowest BCUT2D eigenvalue weighted by atomic mass is 10.3. The predicted molar refractivity (Wildman–Crippen MR) is 40.2 cm³/mol. The molecule has 0 saturated heterocycles. The third-order valence-electron chi connectivity index (χ3n) is 1.54. The normalized spacial score (nSPS) is 21.1. The summed E-state index contributed by atoms with van der Waals surface area (Å²) in [6, 6.07) is 7.95. The van der Waals surface area contributed by atoms with Gasteiger partial charge in [-0.25, -0.2) is 0 Å². The summed E-state index contributed by atoms with van der Waals surface area (Å²) < 4.78 is 5.41. The van der Waals surface area contributed by atoms with Crippen LogP contribution in [-0.4, -0.2) is 6.23 Å². The number of nitrogens with one attached hydrogen (secondary N) is 1. The van der Waals surface area contributed by atoms with Crippen LogP contribution < -0.4 is 10.1 Å². The summed E-state index contributed by atoms with van der Waals surface area (Å²) in [4.78, 5) is 0. The molecule has 1 aromatic carbocycles. The van der Waals surface area contributed by atoms with Gasteiger partial charge in [-0.05, 0) is 31.2 Å². The number of fused-ring (bicyclic) bond motifs is 4. The second-order valence-corrected chi connectivity index (χ2v) is 2.43. The van der Waals surface area contributed by atoms with Crippen LogP contribution in [0.25, 0.3) is 0 Å². The van der Waals surface area contributed by atoms with Crippen molar-refractivity contribution < 1.29 is 4.74 Å². The molecule has 2 heterocycles. The van der Waals surface area contributed by atoms with Gasteiger partial charge in [0.2, 0.25) is 0 Å². The fourth-order valence-electron chi connectivity index (χ4n) is 1.10. The molecule has 2 bridgehead atoms. The summed E-state index contributed by atoms with van der Waals surface area (Å²) in [5, 5.41) is 3.17. The van der Waals surface area contributed by atoms with E-state index in [0.717, 1.165) is 11.4 Å². The van der Waals surface area contributed by atoms with Gasteiger partial charge in [0, 0.05) is 5.69 Å². The van der Waals surface area contributed by atoms with Crippen molar-refractivity contribution in [1.29, 1.82) is 0 Å². The van der Waals surface area contributed by atoms with E-state index in [0.29, 0.717) is 0 Å². The van der Waals surface area contributed by atoms with Crippen LogP contribution >= 0.6 is 0 Å². The van der Waals surface area contributed by atoms with Gasteiger partial charge in [-0.2, -0.15) is 0 Å². The van der Waals surface area contributed by atoms with E-state index in [2.05, 4.69) is 5.32 Å². The number of rotatable bonds is 0. The predicted octanol–water partition coefficient (Wildman–Crippen LogP) is 1.84. The third kappa shape index (κ3) is 0.817. The van der Waals surface area contributed by atoms with Crippen LogP contribution in [0.5, 0.6) is 5.75 Å². The average Bonchev–Trinajstić information content (AvgIpc) is 2.17.